The van der Waals surface area contributed by atoms with Gasteiger partial charge in [0.05, 0.1) is 22.3 Å². The van der Waals surface area contributed by atoms with Gasteiger partial charge in [0.25, 0.3) is 22.8 Å². The maximum atomic E-state index is 11.4. The maximum Gasteiger partial charge on any atom is 0.273 e. The first-order valence-electron chi connectivity index (χ1n) is 14.8. The monoisotopic (exact) mass is 570 g/mol. The lowest BCUT2D eigenvalue weighted by Gasteiger charge is -2.06. The molecule has 0 atom stereocenters. The van der Waals surface area contributed by atoms with Crippen LogP contribution in [0, 0.1) is 0 Å². The van der Waals surface area contributed by atoms with Crippen molar-refractivity contribution in [2.45, 2.75) is 6.42 Å². The highest BCUT2D eigenvalue weighted by atomic mass is 16.7. The molecule has 0 heterocycles. The van der Waals surface area contributed by atoms with Gasteiger partial charge in [0.2, 0.25) is 0 Å². The Balaban J connectivity index is 1.08. The van der Waals surface area contributed by atoms with E-state index in [1.165, 1.54) is 38.1 Å². The van der Waals surface area contributed by atoms with Gasteiger partial charge in [0, 0.05) is 33.7 Å². The van der Waals surface area contributed by atoms with Gasteiger partial charge < -0.3 is 0 Å². The van der Waals surface area contributed by atoms with Crippen LogP contribution in [0.4, 0.5) is 11.4 Å². The molecule has 2 aliphatic rings. The molecule has 0 bridgehead atoms. The summed E-state index contributed by atoms with van der Waals surface area (Å²) in [6.07, 6.45) is 0.781. The second-order valence-corrected chi connectivity index (χ2v) is 11.2. The van der Waals surface area contributed by atoms with Crippen LogP contribution in [0.1, 0.15) is 33.4 Å². The van der Waals surface area contributed by atoms with Crippen molar-refractivity contribution in [3.8, 4) is 22.3 Å². The summed E-state index contributed by atoms with van der Waals surface area (Å²) in [7, 11) is 1.72. The van der Waals surface area contributed by atoms with E-state index in [1.54, 1.807) is 7.11 Å². The van der Waals surface area contributed by atoms with E-state index >= 15 is 0 Å². The Kier molecular flexibility index (Phi) is 6.20. The molecule has 4 heteroatoms. The van der Waals surface area contributed by atoms with E-state index in [0.717, 1.165) is 51.5 Å². The minimum atomic E-state index is 0.732. The molecule has 2 aliphatic carbocycles. The molecule has 0 saturated heterocycles. The fraction of sp³-hybridized carbons (Fsp3) is 0.0500. The fourth-order valence-electron chi connectivity index (χ4n) is 6.63. The highest BCUT2D eigenvalue weighted by Crippen LogP contribution is 2.39. The molecule has 6 aromatic carbocycles. The van der Waals surface area contributed by atoms with Crippen LogP contribution in [0.3, 0.4) is 0 Å². The SMILES string of the molecule is CO[N+](=C1c2ccccc2-c2ccccc21)c1ccc(Cc2ccc([N+](O)=C3c4ccccc4-c4ccccc43)cc2)cc1. The lowest BCUT2D eigenvalue weighted by Crippen LogP contribution is -2.16. The summed E-state index contributed by atoms with van der Waals surface area (Å²) >= 11 is 0. The third-order valence-corrected chi connectivity index (χ3v) is 8.67. The van der Waals surface area contributed by atoms with Gasteiger partial charge in [-0.2, -0.15) is 0 Å². The smallest absolute Gasteiger partial charge is 0.273 e. The van der Waals surface area contributed by atoms with Gasteiger partial charge in [-0.25, -0.2) is 0 Å². The topological polar surface area (TPSA) is 35.5 Å². The number of rotatable bonds is 5. The van der Waals surface area contributed by atoms with Crippen molar-refractivity contribution in [2.24, 2.45) is 0 Å². The first-order valence-corrected chi connectivity index (χ1v) is 14.8. The minimum absolute atomic E-state index is 0.732. The molecule has 6 aromatic rings. The van der Waals surface area contributed by atoms with Crippen molar-refractivity contribution in [3.63, 3.8) is 0 Å². The van der Waals surface area contributed by atoms with Crippen molar-refractivity contribution in [3.05, 3.63) is 179 Å². The molecule has 0 fully saturated rings. The third kappa shape index (κ3) is 4.15. The molecular weight excluding hydrogens is 540 g/mol. The molecule has 0 radical (unpaired) electrons. The van der Waals surface area contributed by atoms with Gasteiger partial charge in [-0.05, 0) is 64.1 Å². The van der Waals surface area contributed by atoms with Crippen LogP contribution in [0.5, 0.6) is 0 Å². The van der Waals surface area contributed by atoms with E-state index < -0.39 is 0 Å². The summed E-state index contributed by atoms with van der Waals surface area (Å²) in [4.78, 5) is 5.98. The van der Waals surface area contributed by atoms with Gasteiger partial charge in [-0.3, -0.25) is 10.0 Å². The summed E-state index contributed by atoms with van der Waals surface area (Å²) in [5, 5.41) is 11.4. The van der Waals surface area contributed by atoms with Crippen molar-refractivity contribution in [1.82, 2.24) is 0 Å². The van der Waals surface area contributed by atoms with Crippen molar-refractivity contribution >= 4 is 22.8 Å². The van der Waals surface area contributed by atoms with Crippen LogP contribution in [0.25, 0.3) is 22.3 Å². The van der Waals surface area contributed by atoms with E-state index in [2.05, 4.69) is 109 Å². The Bertz CT molecular complexity index is 2030. The van der Waals surface area contributed by atoms with Crippen molar-refractivity contribution < 1.29 is 19.5 Å². The maximum absolute atomic E-state index is 11.4. The normalized spacial score (nSPS) is 12.3. The van der Waals surface area contributed by atoms with E-state index in [0.29, 0.717) is 0 Å². The van der Waals surface area contributed by atoms with Crippen molar-refractivity contribution in [1.29, 1.82) is 0 Å². The van der Waals surface area contributed by atoms with Crippen molar-refractivity contribution in [2.75, 3.05) is 7.11 Å². The largest absolute Gasteiger partial charge is 0.284 e. The Morgan fingerprint density at radius 1 is 0.432 bits per heavy atom. The summed E-state index contributed by atoms with van der Waals surface area (Å²) in [6, 6.07) is 50.1. The average Bonchev–Trinajstić information content (AvgIpc) is 3.59. The fourth-order valence-corrected chi connectivity index (χ4v) is 6.63. The van der Waals surface area contributed by atoms with Gasteiger partial charge in [-0.1, -0.05) is 97.1 Å². The number of nitrogens with zero attached hydrogens (tertiary/aromatic N) is 2. The number of hydrogen-bond acceptors (Lipinski definition) is 2. The first-order chi connectivity index (χ1) is 21.7. The summed E-state index contributed by atoms with van der Waals surface area (Å²) in [5.74, 6) is 0. The second-order valence-electron chi connectivity index (χ2n) is 11.2. The molecule has 0 spiro atoms. The van der Waals surface area contributed by atoms with E-state index in [1.807, 2.05) is 41.1 Å². The van der Waals surface area contributed by atoms with Gasteiger partial charge in [0.1, 0.15) is 7.11 Å². The quantitative estimate of drug-likeness (QED) is 0.128. The van der Waals surface area contributed by atoms with Gasteiger partial charge >= 0.3 is 0 Å². The molecule has 0 aliphatic heterocycles. The molecule has 0 unspecified atom stereocenters. The summed E-state index contributed by atoms with van der Waals surface area (Å²) in [6.45, 7) is 0. The summed E-state index contributed by atoms with van der Waals surface area (Å²) in [5.41, 5.74) is 15.1. The third-order valence-electron chi connectivity index (χ3n) is 8.67. The number of fused-ring (bicyclic) bond motifs is 6. The molecule has 0 amide bonds. The lowest BCUT2D eigenvalue weighted by molar-refractivity contribution is -0.719. The summed E-state index contributed by atoms with van der Waals surface area (Å²) < 4.78 is 3.25. The van der Waals surface area contributed by atoms with Crippen LogP contribution in [0.2, 0.25) is 0 Å². The predicted molar refractivity (Wildman–Crippen MR) is 175 cm³/mol. The van der Waals surface area contributed by atoms with Crippen LogP contribution >= 0.6 is 0 Å². The molecule has 44 heavy (non-hydrogen) atoms. The van der Waals surface area contributed by atoms with E-state index in [4.69, 9.17) is 4.84 Å². The molecular formula is C40H30N2O2+2. The van der Waals surface area contributed by atoms with Crippen LogP contribution in [-0.2, 0) is 11.3 Å². The van der Waals surface area contributed by atoms with Gasteiger partial charge in [0.15, 0.2) is 0 Å². The molecule has 1 N–H and O–H groups in total. The second kappa shape index (κ2) is 10.5. The average molecular weight is 571 g/mol. The minimum Gasteiger partial charge on any atom is -0.284 e. The highest BCUT2D eigenvalue weighted by molar-refractivity contribution is 6.23. The molecule has 0 aromatic heterocycles. The Labute approximate surface area is 256 Å². The lowest BCUT2D eigenvalue weighted by atomic mass is 10.0. The number of benzene rings is 6. The standard InChI is InChI=1S/C40H30N2O2/c1-44-42(40-37-16-8-4-12-33(37)34-13-5-9-17-38(34)40)30-24-20-28(21-25-30)26-27-18-22-29(23-19-27)41(43)39-35-14-6-2-10-31(35)32-11-3-7-15-36(32)39/h2-25,43H,26H2,1H3/q+2. The van der Waals surface area contributed by atoms with E-state index in [-0.39, 0.29) is 0 Å². The Hall–Kier alpha value is -5.74. The van der Waals surface area contributed by atoms with Crippen LogP contribution in [-0.4, -0.2) is 33.2 Å². The van der Waals surface area contributed by atoms with E-state index in [9.17, 15) is 5.21 Å². The zero-order chi connectivity index (χ0) is 29.6. The molecule has 210 valence electrons. The Morgan fingerprint density at radius 2 is 0.773 bits per heavy atom. The predicted octanol–water partition coefficient (Wildman–Crippen LogP) is 8.55. The zero-order valence-electron chi connectivity index (χ0n) is 24.3. The zero-order valence-corrected chi connectivity index (χ0v) is 24.3. The first kappa shape index (κ1) is 25.9. The molecule has 8 rings (SSSR count). The molecule has 0 saturated carbocycles. The molecule has 4 nitrogen and oxygen atoms in total. The number of hydrogen-bond donors (Lipinski definition) is 1. The van der Waals surface area contributed by atoms with Crippen LogP contribution < -0.4 is 0 Å². The Morgan fingerprint density at radius 3 is 1.16 bits per heavy atom. The highest BCUT2D eigenvalue weighted by Gasteiger charge is 2.35. The van der Waals surface area contributed by atoms with Gasteiger partial charge in [-0.15, -0.1) is 0 Å². The van der Waals surface area contributed by atoms with Crippen LogP contribution in [0.15, 0.2) is 146 Å².